The summed E-state index contributed by atoms with van der Waals surface area (Å²) in [5, 5.41) is 15.4. The molecule has 0 saturated carbocycles. The van der Waals surface area contributed by atoms with Gasteiger partial charge in [0, 0.05) is 24.4 Å². The van der Waals surface area contributed by atoms with Crippen LogP contribution in [0, 0.1) is 13.8 Å². The number of carbonyl (C=O) groups excluding carboxylic acids is 5. The van der Waals surface area contributed by atoms with Gasteiger partial charge in [-0.2, -0.15) is 5.10 Å². The molecule has 0 radical (unpaired) electrons. The van der Waals surface area contributed by atoms with Crippen LogP contribution in [0.25, 0.3) is 5.52 Å². The Morgan fingerprint density at radius 1 is 1.14 bits per heavy atom. The number of benzene rings is 1. The highest BCUT2D eigenvalue weighted by atomic mass is 16.7. The number of esters is 1. The molecule has 0 bridgehead atoms. The minimum absolute atomic E-state index is 0.0209. The van der Waals surface area contributed by atoms with Crippen LogP contribution in [0.3, 0.4) is 0 Å². The van der Waals surface area contributed by atoms with Crippen molar-refractivity contribution in [1.82, 2.24) is 30.4 Å². The van der Waals surface area contributed by atoms with Gasteiger partial charge in [-0.05, 0) is 51.0 Å². The van der Waals surface area contributed by atoms with E-state index in [1.165, 1.54) is 42.4 Å². The molecule has 4 aromatic rings. The molecular weight excluding hydrogens is 564 g/mol. The Hall–Kier alpha value is -5.80. The van der Waals surface area contributed by atoms with Crippen LogP contribution in [0.2, 0.25) is 0 Å². The van der Waals surface area contributed by atoms with Crippen LogP contribution in [0.1, 0.15) is 45.7 Å². The number of fused-ring (bicyclic) bond motifs is 1. The fourth-order valence-corrected chi connectivity index (χ4v) is 4.04. The molecule has 3 N–H and O–H groups in total. The molecule has 1 aromatic carbocycles. The van der Waals surface area contributed by atoms with Gasteiger partial charge in [-0.3, -0.25) is 14.4 Å². The zero-order valence-electron chi connectivity index (χ0n) is 23.6. The molecule has 0 fully saturated rings. The lowest BCUT2D eigenvalue weighted by atomic mass is 10.1. The van der Waals surface area contributed by atoms with Crippen molar-refractivity contribution in [3.05, 3.63) is 65.3 Å². The third-order valence-electron chi connectivity index (χ3n) is 6.23. The van der Waals surface area contributed by atoms with E-state index in [-0.39, 0.29) is 28.8 Å². The number of ether oxygens (including phenoxy) is 2. The first kappa shape index (κ1) is 30.2. The van der Waals surface area contributed by atoms with Gasteiger partial charge in [0.05, 0.1) is 11.3 Å². The average Bonchev–Trinajstić information content (AvgIpc) is 3.62. The van der Waals surface area contributed by atoms with Gasteiger partial charge in [0.1, 0.15) is 24.1 Å². The molecule has 0 spiro atoms. The number of nitrogens with zero attached hydrogens (tertiary/aromatic N) is 5. The van der Waals surface area contributed by atoms with Crippen LogP contribution in [0.15, 0.2) is 47.6 Å². The molecule has 43 heavy (non-hydrogen) atoms. The fraction of sp³-hybridized carbons (Fsp3) is 0.259. The number of hydrogen-bond acceptors (Lipinski definition) is 11. The highest BCUT2D eigenvalue weighted by Crippen LogP contribution is 2.34. The van der Waals surface area contributed by atoms with Crippen LogP contribution in [0.5, 0.6) is 0 Å². The number of carbonyl (C=O) groups is 5. The minimum atomic E-state index is -1.03. The summed E-state index contributed by atoms with van der Waals surface area (Å²) in [5.41, 5.74) is 1.97. The van der Waals surface area contributed by atoms with Gasteiger partial charge in [-0.25, -0.2) is 24.0 Å². The fourth-order valence-electron chi connectivity index (χ4n) is 4.04. The second-order valence-corrected chi connectivity index (χ2v) is 9.08. The predicted molar refractivity (Wildman–Crippen MR) is 150 cm³/mol. The summed E-state index contributed by atoms with van der Waals surface area (Å²) < 4.78 is 16.4. The highest BCUT2D eigenvalue weighted by molar-refractivity contribution is 6.07. The van der Waals surface area contributed by atoms with E-state index in [4.69, 9.17) is 14.0 Å². The van der Waals surface area contributed by atoms with Crippen molar-refractivity contribution >= 4 is 53.1 Å². The molecule has 0 aliphatic carbocycles. The average molecular weight is 593 g/mol. The molecule has 0 aliphatic rings. The van der Waals surface area contributed by atoms with Gasteiger partial charge in [-0.15, -0.1) is 0 Å². The summed E-state index contributed by atoms with van der Waals surface area (Å²) in [4.78, 5) is 67.5. The third kappa shape index (κ3) is 6.58. The van der Waals surface area contributed by atoms with Gasteiger partial charge >= 0.3 is 12.1 Å². The number of aryl methyl sites for hydroxylation is 2. The quantitative estimate of drug-likeness (QED) is 0.131. The SMILES string of the molecule is CCNC(=O)c1cn2ncnc(N(C(=O)OCOC(=O)C(C)NC=O)c3cc(C(=O)Nc4ccon4)ccc3C)c2c1C. The van der Waals surface area contributed by atoms with Crippen molar-refractivity contribution in [1.29, 1.82) is 0 Å². The lowest BCUT2D eigenvalue weighted by molar-refractivity contribution is -0.154. The number of aromatic nitrogens is 4. The van der Waals surface area contributed by atoms with Crippen LogP contribution in [-0.4, -0.2) is 69.4 Å². The van der Waals surface area contributed by atoms with Crippen molar-refractivity contribution in [2.45, 2.75) is 33.7 Å². The Morgan fingerprint density at radius 3 is 2.63 bits per heavy atom. The van der Waals surface area contributed by atoms with Gasteiger partial charge in [0.2, 0.25) is 13.2 Å². The lowest BCUT2D eigenvalue weighted by Crippen LogP contribution is -2.36. The molecule has 3 heterocycles. The van der Waals surface area contributed by atoms with E-state index >= 15 is 0 Å². The second kappa shape index (κ2) is 13.2. The van der Waals surface area contributed by atoms with E-state index in [9.17, 15) is 24.0 Å². The monoisotopic (exact) mass is 592 g/mol. The van der Waals surface area contributed by atoms with E-state index in [1.807, 2.05) is 0 Å². The summed E-state index contributed by atoms with van der Waals surface area (Å²) in [7, 11) is 0. The third-order valence-corrected chi connectivity index (χ3v) is 6.23. The second-order valence-electron chi connectivity index (χ2n) is 9.08. The van der Waals surface area contributed by atoms with Crippen molar-refractivity contribution < 1.29 is 38.0 Å². The summed E-state index contributed by atoms with van der Waals surface area (Å²) in [5.74, 6) is -1.53. The van der Waals surface area contributed by atoms with E-state index in [0.29, 0.717) is 35.2 Å². The maximum absolute atomic E-state index is 13.7. The van der Waals surface area contributed by atoms with Crippen LogP contribution in [-0.2, 0) is 19.1 Å². The number of rotatable bonds is 11. The first-order valence-corrected chi connectivity index (χ1v) is 12.9. The van der Waals surface area contributed by atoms with E-state index in [0.717, 1.165) is 4.90 Å². The molecule has 3 aromatic heterocycles. The largest absolute Gasteiger partial charge is 0.426 e. The molecule has 4 amide bonds. The summed E-state index contributed by atoms with van der Waals surface area (Å²) in [6, 6.07) is 5.08. The molecule has 0 saturated heterocycles. The standard InChI is InChI=1S/C27H28N8O8/c1-5-28-25(38)19-11-34-22(16(19)3)23(29-12-31-34)35(27(40)42-14-41-26(39)17(4)30-13-36)20-10-18(7-6-15(20)2)24(37)32-21-8-9-43-33-21/h6-13,17H,5,14H2,1-4H3,(H,28,38)(H,30,36)(H,32,33,37). The van der Waals surface area contributed by atoms with Gasteiger partial charge < -0.3 is 29.9 Å². The van der Waals surface area contributed by atoms with E-state index < -0.39 is 30.8 Å². The summed E-state index contributed by atoms with van der Waals surface area (Å²) in [6.07, 6.45) is 3.30. The first-order chi connectivity index (χ1) is 20.7. The smallest absolute Gasteiger partial charge is 0.423 e. The van der Waals surface area contributed by atoms with Gasteiger partial charge in [0.25, 0.3) is 11.8 Å². The molecular formula is C27H28N8O8. The Kier molecular flexibility index (Phi) is 9.29. The van der Waals surface area contributed by atoms with E-state index in [1.54, 1.807) is 32.9 Å². The number of nitrogens with one attached hydrogen (secondary N) is 3. The lowest BCUT2D eigenvalue weighted by Gasteiger charge is -2.24. The highest BCUT2D eigenvalue weighted by Gasteiger charge is 2.29. The minimum Gasteiger partial charge on any atom is -0.426 e. The van der Waals surface area contributed by atoms with Crippen molar-refractivity contribution in [3.63, 3.8) is 0 Å². The summed E-state index contributed by atoms with van der Waals surface area (Å²) in [6.45, 7) is 6.14. The van der Waals surface area contributed by atoms with Crippen LogP contribution < -0.4 is 20.9 Å². The topological polar surface area (TPSA) is 199 Å². The molecule has 16 nitrogen and oxygen atoms in total. The molecule has 1 atom stereocenters. The first-order valence-electron chi connectivity index (χ1n) is 12.9. The van der Waals surface area contributed by atoms with Crippen molar-refractivity contribution in [3.8, 4) is 0 Å². The predicted octanol–water partition coefficient (Wildman–Crippen LogP) is 2.25. The molecule has 16 heteroatoms. The zero-order chi connectivity index (χ0) is 31.1. The van der Waals surface area contributed by atoms with Crippen molar-refractivity contribution in [2.75, 3.05) is 23.6 Å². The summed E-state index contributed by atoms with van der Waals surface area (Å²) >= 11 is 0. The Labute approximate surface area is 244 Å². The number of hydrogen-bond donors (Lipinski definition) is 3. The van der Waals surface area contributed by atoms with Crippen LogP contribution in [0.4, 0.5) is 22.1 Å². The normalized spacial score (nSPS) is 11.3. The Bertz CT molecular complexity index is 1670. The molecule has 224 valence electrons. The number of amides is 4. The van der Waals surface area contributed by atoms with Crippen molar-refractivity contribution in [2.24, 2.45) is 0 Å². The van der Waals surface area contributed by atoms with Gasteiger partial charge in [-0.1, -0.05) is 11.2 Å². The Morgan fingerprint density at radius 2 is 1.93 bits per heavy atom. The number of anilines is 3. The zero-order valence-corrected chi connectivity index (χ0v) is 23.6. The Balaban J connectivity index is 1.77. The maximum atomic E-state index is 13.7. The van der Waals surface area contributed by atoms with Crippen LogP contribution >= 0.6 is 0 Å². The molecule has 1 unspecified atom stereocenters. The molecule has 4 rings (SSSR count). The van der Waals surface area contributed by atoms with E-state index in [2.05, 4.69) is 31.2 Å². The van der Waals surface area contributed by atoms with Gasteiger partial charge in [0.15, 0.2) is 11.6 Å². The molecule has 0 aliphatic heterocycles. The maximum Gasteiger partial charge on any atom is 0.423 e.